The van der Waals surface area contributed by atoms with E-state index in [9.17, 15) is 0 Å². The van der Waals surface area contributed by atoms with Gasteiger partial charge in [0.15, 0.2) is 0 Å². The fraction of sp³-hybridized carbons (Fsp3) is 0.625. The van der Waals surface area contributed by atoms with Crippen molar-refractivity contribution < 1.29 is 0 Å². The average Bonchev–Trinajstić information content (AvgIpc) is 3.23. The Balaban J connectivity index is 1.86. The van der Waals surface area contributed by atoms with Crippen LogP contribution in [0.25, 0.3) is 0 Å². The summed E-state index contributed by atoms with van der Waals surface area (Å²) in [6.07, 6.45) is 3.92. The Morgan fingerprint density at radius 1 is 1.42 bits per heavy atom. The molecule has 2 aliphatic rings. The topological polar surface area (TPSA) is 15.3 Å². The first-order valence-electron chi connectivity index (χ1n) is 7.39. The highest BCUT2D eigenvalue weighted by Gasteiger charge is 2.45. The molecule has 1 aromatic carbocycles. The highest BCUT2D eigenvalue weighted by atomic mass is 35.5. The molecule has 1 aliphatic carbocycles. The second kappa shape index (κ2) is 4.99. The lowest BCUT2D eigenvalue weighted by Crippen LogP contribution is -2.64. The Morgan fingerprint density at radius 3 is 2.84 bits per heavy atom. The fourth-order valence-electron chi connectivity index (χ4n) is 3.32. The van der Waals surface area contributed by atoms with E-state index in [2.05, 4.69) is 42.3 Å². The number of benzene rings is 1. The van der Waals surface area contributed by atoms with Crippen LogP contribution in [-0.2, 0) is 0 Å². The van der Waals surface area contributed by atoms with Crippen molar-refractivity contribution in [3.05, 3.63) is 29.3 Å². The van der Waals surface area contributed by atoms with Crippen molar-refractivity contribution >= 4 is 17.3 Å². The summed E-state index contributed by atoms with van der Waals surface area (Å²) >= 11 is 6.16. The maximum Gasteiger partial charge on any atom is 0.0426 e. The minimum Gasteiger partial charge on any atom is -0.365 e. The fourth-order valence-corrected chi connectivity index (χ4v) is 3.50. The number of nitrogens with zero attached hydrogens (tertiary/aromatic N) is 1. The molecular weight excluding hydrogens is 256 g/mol. The summed E-state index contributed by atoms with van der Waals surface area (Å²) < 4.78 is 0. The van der Waals surface area contributed by atoms with E-state index < -0.39 is 0 Å². The van der Waals surface area contributed by atoms with E-state index in [0.29, 0.717) is 6.04 Å². The van der Waals surface area contributed by atoms with Gasteiger partial charge in [0.1, 0.15) is 0 Å². The van der Waals surface area contributed by atoms with E-state index >= 15 is 0 Å². The normalized spacial score (nSPS) is 31.5. The molecule has 19 heavy (non-hydrogen) atoms. The van der Waals surface area contributed by atoms with Gasteiger partial charge >= 0.3 is 0 Å². The van der Waals surface area contributed by atoms with Gasteiger partial charge in [0, 0.05) is 35.4 Å². The smallest absolute Gasteiger partial charge is 0.0426 e. The van der Waals surface area contributed by atoms with Crippen molar-refractivity contribution in [2.24, 2.45) is 5.92 Å². The van der Waals surface area contributed by atoms with Crippen LogP contribution < -0.4 is 10.2 Å². The Bertz CT molecular complexity index is 458. The van der Waals surface area contributed by atoms with Gasteiger partial charge in [0.2, 0.25) is 0 Å². The van der Waals surface area contributed by atoms with Gasteiger partial charge in [-0.2, -0.15) is 0 Å². The lowest BCUT2D eigenvalue weighted by molar-refractivity contribution is 0.252. The summed E-state index contributed by atoms with van der Waals surface area (Å²) in [7, 11) is 0. The van der Waals surface area contributed by atoms with Gasteiger partial charge in [0.05, 0.1) is 0 Å². The van der Waals surface area contributed by atoms with Crippen molar-refractivity contribution in [1.29, 1.82) is 0 Å². The summed E-state index contributed by atoms with van der Waals surface area (Å²) in [6.45, 7) is 6.82. The van der Waals surface area contributed by atoms with Crippen LogP contribution in [0.15, 0.2) is 24.3 Å². The van der Waals surface area contributed by atoms with Crippen LogP contribution in [0.5, 0.6) is 0 Å². The predicted octanol–water partition coefficient (Wildman–Crippen LogP) is 3.70. The Morgan fingerprint density at radius 2 is 2.21 bits per heavy atom. The highest BCUT2D eigenvalue weighted by Crippen LogP contribution is 2.42. The molecule has 3 rings (SSSR count). The third-order valence-electron chi connectivity index (χ3n) is 4.77. The van der Waals surface area contributed by atoms with Crippen molar-refractivity contribution in [1.82, 2.24) is 5.32 Å². The molecule has 1 heterocycles. The Hall–Kier alpha value is -0.730. The minimum atomic E-state index is 0.272. The van der Waals surface area contributed by atoms with E-state index in [-0.39, 0.29) is 5.54 Å². The molecule has 1 aliphatic heterocycles. The zero-order valence-corrected chi connectivity index (χ0v) is 12.6. The van der Waals surface area contributed by atoms with Gasteiger partial charge in [-0.25, -0.2) is 0 Å². The molecule has 0 amide bonds. The number of nitrogens with one attached hydrogen (secondary N) is 1. The van der Waals surface area contributed by atoms with Gasteiger partial charge in [-0.1, -0.05) is 24.6 Å². The number of piperazine rings is 1. The Kier molecular flexibility index (Phi) is 3.48. The summed E-state index contributed by atoms with van der Waals surface area (Å²) in [6, 6.07) is 8.87. The number of hydrogen-bond donors (Lipinski definition) is 1. The van der Waals surface area contributed by atoms with Crippen LogP contribution in [0.4, 0.5) is 5.69 Å². The van der Waals surface area contributed by atoms with Gasteiger partial charge in [-0.15, -0.1) is 0 Å². The van der Waals surface area contributed by atoms with Crippen molar-refractivity contribution in [3.63, 3.8) is 0 Å². The third kappa shape index (κ3) is 2.61. The van der Waals surface area contributed by atoms with Gasteiger partial charge in [0.25, 0.3) is 0 Å². The second-order valence-corrected chi connectivity index (χ2v) is 6.68. The summed E-state index contributed by atoms with van der Waals surface area (Å²) in [5.74, 6) is 0.854. The van der Waals surface area contributed by atoms with E-state index in [4.69, 9.17) is 11.6 Å². The van der Waals surface area contributed by atoms with Gasteiger partial charge in [-0.05, 0) is 50.3 Å². The predicted molar refractivity (Wildman–Crippen MR) is 82.0 cm³/mol. The molecule has 1 saturated heterocycles. The highest BCUT2D eigenvalue weighted by molar-refractivity contribution is 6.30. The lowest BCUT2D eigenvalue weighted by atomic mass is 9.90. The van der Waals surface area contributed by atoms with Crippen LogP contribution >= 0.6 is 11.6 Å². The van der Waals surface area contributed by atoms with E-state index in [1.165, 1.54) is 24.9 Å². The molecule has 0 aromatic heterocycles. The maximum atomic E-state index is 6.16. The van der Waals surface area contributed by atoms with Crippen molar-refractivity contribution in [3.8, 4) is 0 Å². The zero-order chi connectivity index (χ0) is 13.5. The third-order valence-corrected chi connectivity index (χ3v) is 5.01. The number of anilines is 1. The van der Waals surface area contributed by atoms with Gasteiger partial charge in [-0.3, -0.25) is 0 Å². The molecular formula is C16H23ClN2. The first-order valence-corrected chi connectivity index (χ1v) is 7.77. The monoisotopic (exact) mass is 278 g/mol. The van der Waals surface area contributed by atoms with E-state index in [1.54, 1.807) is 0 Å². The summed E-state index contributed by atoms with van der Waals surface area (Å²) in [5, 5.41) is 4.63. The Labute approximate surface area is 121 Å². The first-order chi connectivity index (χ1) is 9.12. The molecule has 0 spiro atoms. The standard InChI is InChI=1S/C16H23ClN2/c1-3-14-10-18-16(2,12-7-8-12)11-19(14)15-6-4-5-13(17)9-15/h4-6,9,12,14,18H,3,7-8,10-11H2,1-2H3. The van der Waals surface area contributed by atoms with Crippen molar-refractivity contribution in [2.45, 2.75) is 44.7 Å². The molecule has 1 aromatic rings. The van der Waals surface area contributed by atoms with E-state index in [0.717, 1.165) is 24.0 Å². The molecule has 3 heteroatoms. The van der Waals surface area contributed by atoms with Crippen LogP contribution in [0.3, 0.4) is 0 Å². The minimum absolute atomic E-state index is 0.272. The van der Waals surface area contributed by atoms with E-state index in [1.807, 2.05) is 6.07 Å². The molecule has 2 nitrogen and oxygen atoms in total. The van der Waals surface area contributed by atoms with Crippen molar-refractivity contribution in [2.75, 3.05) is 18.0 Å². The summed E-state index contributed by atoms with van der Waals surface area (Å²) in [4.78, 5) is 2.56. The number of hydrogen-bond acceptors (Lipinski definition) is 2. The first kappa shape index (κ1) is 13.3. The van der Waals surface area contributed by atoms with Crippen LogP contribution in [0.2, 0.25) is 5.02 Å². The molecule has 2 fully saturated rings. The SMILES string of the molecule is CCC1CNC(C)(C2CC2)CN1c1cccc(Cl)c1. The molecule has 0 bridgehead atoms. The second-order valence-electron chi connectivity index (χ2n) is 6.24. The summed E-state index contributed by atoms with van der Waals surface area (Å²) in [5.41, 5.74) is 1.54. The molecule has 1 N–H and O–H groups in total. The van der Waals surface area contributed by atoms with Gasteiger partial charge < -0.3 is 10.2 Å². The van der Waals surface area contributed by atoms with Crippen LogP contribution in [0.1, 0.15) is 33.1 Å². The number of rotatable bonds is 3. The average molecular weight is 279 g/mol. The molecule has 104 valence electrons. The van der Waals surface area contributed by atoms with Crippen LogP contribution in [-0.4, -0.2) is 24.7 Å². The molecule has 2 atom stereocenters. The van der Waals surface area contributed by atoms with Crippen LogP contribution in [0, 0.1) is 5.92 Å². The zero-order valence-electron chi connectivity index (χ0n) is 11.8. The number of halogens is 1. The lowest BCUT2D eigenvalue weighted by Gasteiger charge is -2.47. The quantitative estimate of drug-likeness (QED) is 0.907. The molecule has 2 unspecified atom stereocenters. The molecule has 1 saturated carbocycles. The maximum absolute atomic E-state index is 6.16. The largest absolute Gasteiger partial charge is 0.365 e. The molecule has 0 radical (unpaired) electrons.